The second kappa shape index (κ2) is 8.87. The summed E-state index contributed by atoms with van der Waals surface area (Å²) >= 11 is 0. The molecule has 7 nitrogen and oxygen atoms in total. The molecule has 2 aromatic carbocycles. The topological polar surface area (TPSA) is 86.8 Å². The summed E-state index contributed by atoms with van der Waals surface area (Å²) in [6.45, 7) is 4.33. The zero-order chi connectivity index (χ0) is 21.9. The average Bonchev–Trinajstić information content (AvgIpc) is 3.12. The van der Waals surface area contributed by atoms with E-state index < -0.39 is 15.9 Å². The van der Waals surface area contributed by atoms with Crippen LogP contribution in [0.5, 0.6) is 0 Å². The van der Waals surface area contributed by atoms with Crippen molar-refractivity contribution < 1.29 is 18.0 Å². The smallest absolute Gasteiger partial charge is 0.245 e. The van der Waals surface area contributed by atoms with Crippen LogP contribution in [0.25, 0.3) is 0 Å². The summed E-state index contributed by atoms with van der Waals surface area (Å²) in [4.78, 5) is 26.2. The van der Waals surface area contributed by atoms with Crippen molar-refractivity contribution in [1.82, 2.24) is 0 Å². The predicted molar refractivity (Wildman–Crippen MR) is 119 cm³/mol. The number of carbonyl (C=O) groups is 2. The van der Waals surface area contributed by atoms with Crippen molar-refractivity contribution in [3.63, 3.8) is 0 Å². The maximum atomic E-state index is 12.6. The van der Waals surface area contributed by atoms with Gasteiger partial charge in [0.2, 0.25) is 21.8 Å². The van der Waals surface area contributed by atoms with Gasteiger partial charge in [-0.3, -0.25) is 13.9 Å². The lowest BCUT2D eigenvalue weighted by atomic mass is 10.0. The number of hydrogen-bond acceptors (Lipinski definition) is 4. The summed E-state index contributed by atoms with van der Waals surface area (Å²) in [5.74, 6) is -0.238. The van der Waals surface area contributed by atoms with Crippen LogP contribution in [-0.4, -0.2) is 39.6 Å². The third-order valence-corrected chi connectivity index (χ3v) is 6.18. The van der Waals surface area contributed by atoms with E-state index in [4.69, 9.17) is 0 Å². The molecule has 0 unspecified atom stereocenters. The van der Waals surface area contributed by atoms with Crippen molar-refractivity contribution in [1.29, 1.82) is 0 Å². The Kier molecular flexibility index (Phi) is 6.45. The maximum absolute atomic E-state index is 12.6. The van der Waals surface area contributed by atoms with E-state index in [0.717, 1.165) is 28.2 Å². The molecule has 30 heavy (non-hydrogen) atoms. The Hall–Kier alpha value is -2.87. The first-order valence-corrected chi connectivity index (χ1v) is 11.8. The number of benzene rings is 2. The molecule has 0 spiro atoms. The van der Waals surface area contributed by atoms with E-state index in [-0.39, 0.29) is 18.4 Å². The molecular weight excluding hydrogens is 402 g/mol. The number of sulfonamides is 1. The van der Waals surface area contributed by atoms with E-state index in [1.54, 1.807) is 41.3 Å². The number of nitrogens with one attached hydrogen (secondary N) is 1. The van der Waals surface area contributed by atoms with E-state index in [1.807, 2.05) is 26.0 Å². The van der Waals surface area contributed by atoms with E-state index in [1.165, 1.54) is 0 Å². The number of anilines is 3. The summed E-state index contributed by atoms with van der Waals surface area (Å²) in [7, 11) is -3.66. The standard InChI is InChI=1S/C22H27N3O4S/c1-16(2)19-7-4-5-8-20(19)25(30(3,28)29)15-21(26)23-17-10-12-18(13-11-17)24-14-6-9-22(24)27/h4-5,7-8,10-13,16H,6,9,14-15H2,1-3H3,(H,23,26). The summed E-state index contributed by atoms with van der Waals surface area (Å²) < 4.78 is 26.0. The van der Waals surface area contributed by atoms with Gasteiger partial charge in [-0.25, -0.2) is 8.42 Å². The summed E-state index contributed by atoms with van der Waals surface area (Å²) in [5, 5.41) is 2.74. The third-order valence-electron chi connectivity index (χ3n) is 5.05. The third kappa shape index (κ3) is 4.99. The fourth-order valence-corrected chi connectivity index (χ4v) is 4.44. The largest absolute Gasteiger partial charge is 0.325 e. The molecule has 0 atom stereocenters. The molecule has 1 aliphatic rings. The molecular formula is C22H27N3O4S. The van der Waals surface area contributed by atoms with Crippen LogP contribution in [0.1, 0.15) is 38.2 Å². The van der Waals surface area contributed by atoms with E-state index >= 15 is 0 Å². The lowest BCUT2D eigenvalue weighted by Gasteiger charge is -2.25. The molecule has 0 bridgehead atoms. The molecule has 2 aromatic rings. The first-order chi connectivity index (χ1) is 14.2. The van der Waals surface area contributed by atoms with Crippen LogP contribution >= 0.6 is 0 Å². The van der Waals surface area contributed by atoms with Gasteiger partial charge in [-0.2, -0.15) is 0 Å². The second-order valence-electron chi connectivity index (χ2n) is 7.73. The lowest BCUT2D eigenvalue weighted by Crippen LogP contribution is -2.38. The van der Waals surface area contributed by atoms with Crippen molar-refractivity contribution in [3.8, 4) is 0 Å². The van der Waals surface area contributed by atoms with Gasteiger partial charge < -0.3 is 10.2 Å². The number of para-hydroxylation sites is 1. The number of hydrogen-bond donors (Lipinski definition) is 1. The number of nitrogens with zero attached hydrogens (tertiary/aromatic N) is 2. The van der Waals surface area contributed by atoms with Crippen LogP contribution in [0.15, 0.2) is 48.5 Å². The first kappa shape index (κ1) is 21.8. The van der Waals surface area contributed by atoms with Gasteiger partial charge in [0.15, 0.2) is 0 Å². The average molecular weight is 430 g/mol. The molecule has 0 saturated carbocycles. The minimum absolute atomic E-state index is 0.0967. The highest BCUT2D eigenvalue weighted by Gasteiger charge is 2.24. The molecule has 1 saturated heterocycles. The second-order valence-corrected chi connectivity index (χ2v) is 9.63. The normalized spacial score (nSPS) is 14.3. The highest BCUT2D eigenvalue weighted by Crippen LogP contribution is 2.29. The molecule has 0 aliphatic carbocycles. The maximum Gasteiger partial charge on any atom is 0.245 e. The molecule has 1 N–H and O–H groups in total. The Morgan fingerprint density at radius 3 is 2.37 bits per heavy atom. The van der Waals surface area contributed by atoms with Crippen LogP contribution in [-0.2, 0) is 19.6 Å². The fraction of sp³-hybridized carbons (Fsp3) is 0.364. The molecule has 1 aliphatic heterocycles. The van der Waals surface area contributed by atoms with Gasteiger partial charge in [0.25, 0.3) is 0 Å². The molecule has 160 valence electrons. The quantitative estimate of drug-likeness (QED) is 0.731. The summed E-state index contributed by atoms with van der Waals surface area (Å²) in [5.41, 5.74) is 2.70. The molecule has 8 heteroatoms. The fourth-order valence-electron chi connectivity index (χ4n) is 3.56. The number of amides is 2. The Morgan fingerprint density at radius 1 is 1.13 bits per heavy atom. The summed E-state index contributed by atoms with van der Waals surface area (Å²) in [6.07, 6.45) is 2.49. The Morgan fingerprint density at radius 2 is 1.80 bits per heavy atom. The van der Waals surface area contributed by atoms with Gasteiger partial charge >= 0.3 is 0 Å². The van der Waals surface area contributed by atoms with Crippen molar-refractivity contribution in [2.24, 2.45) is 0 Å². The molecule has 1 fully saturated rings. The van der Waals surface area contributed by atoms with E-state index in [0.29, 0.717) is 24.3 Å². The Bertz CT molecular complexity index is 1030. The van der Waals surface area contributed by atoms with Crippen molar-refractivity contribution in [2.75, 3.05) is 33.9 Å². The van der Waals surface area contributed by atoms with Gasteiger partial charge in [-0.1, -0.05) is 32.0 Å². The van der Waals surface area contributed by atoms with Gasteiger partial charge in [-0.05, 0) is 48.2 Å². The van der Waals surface area contributed by atoms with Gasteiger partial charge in [0, 0.05) is 24.3 Å². The minimum atomic E-state index is -3.66. The van der Waals surface area contributed by atoms with E-state index in [2.05, 4.69) is 5.32 Å². The van der Waals surface area contributed by atoms with Crippen LogP contribution in [0, 0.1) is 0 Å². The highest BCUT2D eigenvalue weighted by atomic mass is 32.2. The minimum Gasteiger partial charge on any atom is -0.325 e. The molecule has 2 amide bonds. The lowest BCUT2D eigenvalue weighted by molar-refractivity contribution is -0.117. The van der Waals surface area contributed by atoms with Crippen molar-refractivity contribution in [2.45, 2.75) is 32.6 Å². The molecule has 0 aromatic heterocycles. The zero-order valence-corrected chi connectivity index (χ0v) is 18.3. The zero-order valence-electron chi connectivity index (χ0n) is 17.5. The number of carbonyl (C=O) groups excluding carboxylic acids is 2. The monoisotopic (exact) mass is 429 g/mol. The first-order valence-electron chi connectivity index (χ1n) is 9.93. The van der Waals surface area contributed by atoms with Gasteiger partial charge in [0.05, 0.1) is 11.9 Å². The summed E-state index contributed by atoms with van der Waals surface area (Å²) in [6, 6.07) is 14.2. The van der Waals surface area contributed by atoms with Crippen LogP contribution in [0.2, 0.25) is 0 Å². The van der Waals surface area contributed by atoms with Gasteiger partial charge in [0.1, 0.15) is 6.54 Å². The van der Waals surface area contributed by atoms with Crippen LogP contribution < -0.4 is 14.5 Å². The van der Waals surface area contributed by atoms with Crippen LogP contribution in [0.4, 0.5) is 17.1 Å². The Labute approximate surface area is 177 Å². The van der Waals surface area contributed by atoms with E-state index in [9.17, 15) is 18.0 Å². The molecule has 3 rings (SSSR count). The van der Waals surface area contributed by atoms with Crippen molar-refractivity contribution >= 4 is 38.9 Å². The van der Waals surface area contributed by atoms with Gasteiger partial charge in [-0.15, -0.1) is 0 Å². The highest BCUT2D eigenvalue weighted by molar-refractivity contribution is 7.92. The van der Waals surface area contributed by atoms with Crippen molar-refractivity contribution in [3.05, 3.63) is 54.1 Å². The Balaban J connectivity index is 1.75. The number of rotatable bonds is 7. The molecule has 1 heterocycles. The predicted octanol–water partition coefficient (Wildman–Crippen LogP) is 3.34. The SMILES string of the molecule is CC(C)c1ccccc1N(CC(=O)Nc1ccc(N2CCCC2=O)cc1)S(C)(=O)=O. The van der Waals surface area contributed by atoms with Crippen LogP contribution in [0.3, 0.4) is 0 Å². The molecule has 0 radical (unpaired) electrons.